The van der Waals surface area contributed by atoms with Gasteiger partial charge in [-0.15, -0.1) is 0 Å². The van der Waals surface area contributed by atoms with Gasteiger partial charge in [-0.1, -0.05) is 0 Å². The molecule has 1 atom stereocenters. The zero-order valence-electron chi connectivity index (χ0n) is 12.9. The van der Waals surface area contributed by atoms with Crippen molar-refractivity contribution < 1.29 is 19.1 Å². The molecule has 10 nitrogen and oxygen atoms in total. The monoisotopic (exact) mass is 332 g/mol. The molecule has 1 unspecified atom stereocenters. The van der Waals surface area contributed by atoms with E-state index in [0.717, 1.165) is 0 Å². The number of aromatic amines is 2. The highest BCUT2D eigenvalue weighted by atomic mass is 16.5. The molecule has 3 heterocycles. The molecule has 0 saturated carbocycles. The van der Waals surface area contributed by atoms with E-state index in [4.69, 9.17) is 4.74 Å². The number of ether oxygens (including phenoxy) is 1. The first-order chi connectivity index (χ1) is 11.6. The maximum atomic E-state index is 12.3. The van der Waals surface area contributed by atoms with Crippen LogP contribution >= 0.6 is 0 Å². The zero-order chi connectivity index (χ0) is 17.1. The SMILES string of the molecule is CCOC(=O)c1cnc(NC(=O)C2CC(=O)N(c3cn[nH]c3)C2)[nH]1. The smallest absolute Gasteiger partial charge is 0.356 e. The number of carbonyl (C=O) groups is 3. The third kappa shape index (κ3) is 3.12. The van der Waals surface area contributed by atoms with Crippen molar-refractivity contribution >= 4 is 29.4 Å². The van der Waals surface area contributed by atoms with Gasteiger partial charge in [0.05, 0.1) is 30.6 Å². The van der Waals surface area contributed by atoms with E-state index in [2.05, 4.69) is 25.5 Å². The number of carbonyl (C=O) groups excluding carboxylic acids is 3. The van der Waals surface area contributed by atoms with Gasteiger partial charge in [-0.05, 0) is 6.92 Å². The molecule has 0 radical (unpaired) electrons. The summed E-state index contributed by atoms with van der Waals surface area (Å²) in [6.07, 6.45) is 4.50. The van der Waals surface area contributed by atoms with Crippen LogP contribution in [0.2, 0.25) is 0 Å². The number of rotatable bonds is 5. The molecule has 1 saturated heterocycles. The van der Waals surface area contributed by atoms with Crippen LogP contribution < -0.4 is 10.2 Å². The molecule has 2 aromatic rings. The fraction of sp³-hybridized carbons (Fsp3) is 0.357. The Balaban J connectivity index is 1.62. The van der Waals surface area contributed by atoms with Gasteiger partial charge in [0.15, 0.2) is 0 Å². The fourth-order valence-electron chi connectivity index (χ4n) is 2.44. The molecule has 1 aliphatic rings. The topological polar surface area (TPSA) is 133 Å². The fourth-order valence-corrected chi connectivity index (χ4v) is 2.44. The Morgan fingerprint density at radius 2 is 2.29 bits per heavy atom. The number of hydrogen-bond acceptors (Lipinski definition) is 6. The van der Waals surface area contributed by atoms with Crippen molar-refractivity contribution in [3.8, 4) is 0 Å². The highest BCUT2D eigenvalue weighted by Gasteiger charge is 2.35. The van der Waals surface area contributed by atoms with Crippen molar-refractivity contribution in [1.29, 1.82) is 0 Å². The average Bonchev–Trinajstić information content (AvgIpc) is 3.27. The average molecular weight is 332 g/mol. The van der Waals surface area contributed by atoms with E-state index in [0.29, 0.717) is 5.69 Å². The van der Waals surface area contributed by atoms with Crippen LogP contribution in [0.15, 0.2) is 18.6 Å². The van der Waals surface area contributed by atoms with E-state index >= 15 is 0 Å². The van der Waals surface area contributed by atoms with Crippen molar-refractivity contribution in [3.63, 3.8) is 0 Å². The molecule has 0 aliphatic carbocycles. The Bertz CT molecular complexity index is 753. The molecule has 24 heavy (non-hydrogen) atoms. The van der Waals surface area contributed by atoms with Crippen LogP contribution in [0.25, 0.3) is 0 Å². The van der Waals surface area contributed by atoms with Gasteiger partial charge in [-0.3, -0.25) is 20.0 Å². The minimum atomic E-state index is -0.548. The lowest BCUT2D eigenvalue weighted by Gasteiger charge is -2.13. The molecule has 2 amide bonds. The predicted molar refractivity (Wildman–Crippen MR) is 82.2 cm³/mol. The Morgan fingerprint density at radius 1 is 1.46 bits per heavy atom. The van der Waals surface area contributed by atoms with Crippen molar-refractivity contribution in [1.82, 2.24) is 20.2 Å². The third-order valence-corrected chi connectivity index (χ3v) is 3.60. The number of anilines is 2. The largest absolute Gasteiger partial charge is 0.461 e. The number of hydrogen-bond donors (Lipinski definition) is 3. The minimum absolute atomic E-state index is 0.0997. The van der Waals surface area contributed by atoms with Gasteiger partial charge in [0.25, 0.3) is 0 Å². The molecule has 3 N–H and O–H groups in total. The van der Waals surface area contributed by atoms with Crippen LogP contribution in [-0.2, 0) is 14.3 Å². The number of esters is 1. The van der Waals surface area contributed by atoms with Gasteiger partial charge >= 0.3 is 5.97 Å². The molecule has 10 heteroatoms. The normalized spacial score (nSPS) is 17.1. The lowest BCUT2D eigenvalue weighted by atomic mass is 10.1. The molecule has 2 aromatic heterocycles. The van der Waals surface area contributed by atoms with Crippen molar-refractivity contribution in [3.05, 3.63) is 24.3 Å². The van der Waals surface area contributed by atoms with Gasteiger partial charge in [0, 0.05) is 19.2 Å². The van der Waals surface area contributed by atoms with Crippen LogP contribution in [0.3, 0.4) is 0 Å². The number of H-pyrrole nitrogens is 2. The van der Waals surface area contributed by atoms with Crippen molar-refractivity contribution in [2.75, 3.05) is 23.4 Å². The van der Waals surface area contributed by atoms with E-state index in [-0.39, 0.29) is 43.0 Å². The molecule has 0 spiro atoms. The third-order valence-electron chi connectivity index (χ3n) is 3.60. The van der Waals surface area contributed by atoms with Gasteiger partial charge < -0.3 is 14.6 Å². The van der Waals surface area contributed by atoms with Crippen molar-refractivity contribution in [2.45, 2.75) is 13.3 Å². The summed E-state index contributed by atoms with van der Waals surface area (Å²) in [5.41, 5.74) is 0.771. The Labute approximate surface area is 136 Å². The molecule has 126 valence electrons. The van der Waals surface area contributed by atoms with E-state index in [1.165, 1.54) is 17.3 Å². The van der Waals surface area contributed by atoms with E-state index in [1.807, 2.05) is 0 Å². The number of nitrogens with zero attached hydrogens (tertiary/aromatic N) is 3. The lowest BCUT2D eigenvalue weighted by molar-refractivity contribution is -0.122. The summed E-state index contributed by atoms with van der Waals surface area (Å²) in [5, 5.41) is 9.00. The first kappa shape index (κ1) is 15.7. The molecule has 1 fully saturated rings. The number of nitrogens with one attached hydrogen (secondary N) is 3. The van der Waals surface area contributed by atoms with Gasteiger partial charge in [-0.25, -0.2) is 9.78 Å². The number of amides is 2. The van der Waals surface area contributed by atoms with E-state index < -0.39 is 11.9 Å². The van der Waals surface area contributed by atoms with Crippen molar-refractivity contribution in [2.24, 2.45) is 5.92 Å². The van der Waals surface area contributed by atoms with Gasteiger partial charge in [-0.2, -0.15) is 5.10 Å². The molecule has 0 aromatic carbocycles. The number of aromatic nitrogens is 4. The first-order valence-electron chi connectivity index (χ1n) is 7.40. The quantitative estimate of drug-likeness (QED) is 0.674. The Kier molecular flexibility index (Phi) is 4.27. The van der Waals surface area contributed by atoms with Crippen LogP contribution in [-0.4, -0.2) is 51.1 Å². The Morgan fingerprint density at radius 3 is 3.00 bits per heavy atom. The van der Waals surface area contributed by atoms with E-state index in [1.54, 1.807) is 13.1 Å². The van der Waals surface area contributed by atoms with Crippen LogP contribution in [0.5, 0.6) is 0 Å². The maximum Gasteiger partial charge on any atom is 0.356 e. The predicted octanol–water partition coefficient (Wildman–Crippen LogP) is 0.301. The van der Waals surface area contributed by atoms with Crippen LogP contribution in [0.1, 0.15) is 23.8 Å². The molecule has 0 bridgehead atoms. The standard InChI is InChI=1S/C14H16N6O4/c1-2-24-13(23)10-6-15-14(18-10)19-12(22)8-3-11(21)20(7-8)9-4-16-17-5-9/h4-6,8H,2-3,7H2,1H3,(H,16,17)(H2,15,18,19,22). The summed E-state index contributed by atoms with van der Waals surface area (Å²) < 4.78 is 4.83. The minimum Gasteiger partial charge on any atom is -0.461 e. The molecular formula is C14H16N6O4. The summed E-state index contributed by atoms with van der Waals surface area (Å²) in [7, 11) is 0. The lowest BCUT2D eigenvalue weighted by Crippen LogP contribution is -2.28. The summed E-state index contributed by atoms with van der Waals surface area (Å²) in [6, 6.07) is 0. The summed E-state index contributed by atoms with van der Waals surface area (Å²) >= 11 is 0. The maximum absolute atomic E-state index is 12.3. The second-order valence-electron chi connectivity index (χ2n) is 5.22. The second-order valence-corrected chi connectivity index (χ2v) is 5.22. The highest BCUT2D eigenvalue weighted by molar-refractivity contribution is 6.03. The summed E-state index contributed by atoms with van der Waals surface area (Å²) in [4.78, 5) is 44.0. The van der Waals surface area contributed by atoms with Gasteiger partial charge in [0.2, 0.25) is 17.8 Å². The highest BCUT2D eigenvalue weighted by Crippen LogP contribution is 2.24. The van der Waals surface area contributed by atoms with Crippen LogP contribution in [0, 0.1) is 5.92 Å². The molecule has 1 aliphatic heterocycles. The molecule has 3 rings (SSSR count). The van der Waals surface area contributed by atoms with E-state index in [9.17, 15) is 14.4 Å². The zero-order valence-corrected chi connectivity index (χ0v) is 12.9. The van der Waals surface area contributed by atoms with Crippen LogP contribution in [0.4, 0.5) is 11.6 Å². The summed E-state index contributed by atoms with van der Waals surface area (Å²) in [5.74, 6) is -1.42. The van der Waals surface area contributed by atoms with Gasteiger partial charge in [0.1, 0.15) is 5.69 Å². The number of imidazole rings is 1. The first-order valence-corrected chi connectivity index (χ1v) is 7.40. The summed E-state index contributed by atoms with van der Waals surface area (Å²) in [6.45, 7) is 2.20. The Hall–Kier alpha value is -3.17. The molecular weight excluding hydrogens is 316 g/mol. The second kappa shape index (κ2) is 6.52.